The lowest BCUT2D eigenvalue weighted by molar-refractivity contribution is -0.107. The molecular formula is C23H38N6O. The summed E-state index contributed by atoms with van der Waals surface area (Å²) in [5.74, 6) is 0.688. The molecule has 7 heteroatoms. The van der Waals surface area contributed by atoms with Crippen molar-refractivity contribution in [2.45, 2.75) is 69.9 Å². The lowest BCUT2D eigenvalue weighted by atomic mass is 9.95. The van der Waals surface area contributed by atoms with Crippen molar-refractivity contribution < 1.29 is 4.79 Å². The van der Waals surface area contributed by atoms with E-state index < -0.39 is 0 Å². The smallest absolute Gasteiger partial charge is 0.137 e. The molecule has 0 atom stereocenters. The first-order chi connectivity index (χ1) is 14.6. The number of hydrogen-bond donors (Lipinski definition) is 3. The highest BCUT2D eigenvalue weighted by Crippen LogP contribution is 2.27. The van der Waals surface area contributed by atoms with E-state index in [4.69, 9.17) is 11.1 Å². The van der Waals surface area contributed by atoms with Crippen LogP contribution in [-0.2, 0) is 4.79 Å². The number of rotatable bonds is 7. The van der Waals surface area contributed by atoms with E-state index in [2.05, 4.69) is 27.1 Å². The number of carbonyl (C=O) groups excluding carboxylic acids is 1. The van der Waals surface area contributed by atoms with Crippen LogP contribution in [-0.4, -0.2) is 72.1 Å². The number of nitrogens with two attached hydrogens (primary N) is 1. The number of aromatic nitrogens is 1. The van der Waals surface area contributed by atoms with E-state index in [9.17, 15) is 4.79 Å². The van der Waals surface area contributed by atoms with Crippen LogP contribution in [0, 0.1) is 5.41 Å². The van der Waals surface area contributed by atoms with Crippen molar-refractivity contribution >= 4 is 23.5 Å². The Morgan fingerprint density at radius 2 is 1.90 bits per heavy atom. The van der Waals surface area contributed by atoms with Gasteiger partial charge in [0.2, 0.25) is 0 Å². The Hall–Kier alpha value is -1.99. The molecule has 7 nitrogen and oxygen atoms in total. The number of piperazine rings is 1. The van der Waals surface area contributed by atoms with Crippen molar-refractivity contribution in [2.24, 2.45) is 0 Å². The van der Waals surface area contributed by atoms with Crippen molar-refractivity contribution in [3.05, 3.63) is 17.8 Å². The summed E-state index contributed by atoms with van der Waals surface area (Å²) in [5, 5.41) is 11.5. The van der Waals surface area contributed by atoms with Crippen LogP contribution in [0.3, 0.4) is 0 Å². The van der Waals surface area contributed by atoms with Crippen LogP contribution >= 0.6 is 0 Å². The molecule has 1 aromatic heterocycles. The Morgan fingerprint density at radius 1 is 1.20 bits per heavy atom. The first kappa shape index (κ1) is 22.7. The quantitative estimate of drug-likeness (QED) is 0.468. The minimum absolute atomic E-state index is 0.343. The molecule has 1 aliphatic heterocycles. The molecule has 3 aliphatic rings. The fourth-order valence-corrected chi connectivity index (χ4v) is 4.30. The second kappa shape index (κ2) is 11.4. The number of hydrogen-bond acceptors (Lipinski definition) is 7. The summed E-state index contributed by atoms with van der Waals surface area (Å²) in [5.41, 5.74) is 7.57. The lowest BCUT2D eigenvalue weighted by Crippen LogP contribution is -2.45. The summed E-state index contributed by atoms with van der Waals surface area (Å²) >= 11 is 0. The zero-order valence-electron chi connectivity index (χ0n) is 18.4. The fourth-order valence-electron chi connectivity index (χ4n) is 4.30. The van der Waals surface area contributed by atoms with Crippen LogP contribution < -0.4 is 11.1 Å². The summed E-state index contributed by atoms with van der Waals surface area (Å²) in [6.07, 6.45) is 12.2. The third-order valence-electron chi connectivity index (χ3n) is 6.34. The Balaban J connectivity index is 0.000000212. The zero-order chi connectivity index (χ0) is 21.3. The van der Waals surface area contributed by atoms with Gasteiger partial charge in [-0.15, -0.1) is 0 Å². The highest BCUT2D eigenvalue weighted by atomic mass is 16.1. The lowest BCUT2D eigenvalue weighted by Gasteiger charge is -2.32. The molecule has 1 saturated heterocycles. The minimum atomic E-state index is 0.343. The van der Waals surface area contributed by atoms with Crippen LogP contribution in [0.1, 0.15) is 63.4 Å². The molecule has 3 fully saturated rings. The number of anilines is 2. The van der Waals surface area contributed by atoms with E-state index in [-0.39, 0.29) is 0 Å². The normalized spacial score (nSPS) is 20.8. The standard InChI is InChI=1S/C15H22N4O.C8H16N2/c16-12(7-4-10-20)14-13(17)8-9-18-15(14)19-11-5-2-1-3-6-11;1-9-4-6-10(7-5-9)8-2-3-8/h8-11,16H,1-7H2,(H3,17,18,19);8H,2-7H2,1H3. The van der Waals surface area contributed by atoms with Gasteiger partial charge in [0.15, 0.2) is 0 Å². The molecule has 2 heterocycles. The van der Waals surface area contributed by atoms with E-state index in [1.807, 2.05) is 0 Å². The number of aldehydes is 1. The van der Waals surface area contributed by atoms with Gasteiger partial charge in [-0.1, -0.05) is 19.3 Å². The summed E-state index contributed by atoms with van der Waals surface area (Å²) in [4.78, 5) is 19.9. The van der Waals surface area contributed by atoms with E-state index in [1.54, 1.807) is 12.3 Å². The van der Waals surface area contributed by atoms with E-state index in [1.165, 1.54) is 58.3 Å². The van der Waals surface area contributed by atoms with Gasteiger partial charge < -0.3 is 26.2 Å². The van der Waals surface area contributed by atoms with Gasteiger partial charge in [0, 0.05) is 62.3 Å². The average molecular weight is 415 g/mol. The van der Waals surface area contributed by atoms with Gasteiger partial charge >= 0.3 is 0 Å². The number of likely N-dealkylation sites (N-methyl/N-ethyl adjacent to an activating group) is 1. The number of nitrogens with zero attached hydrogens (tertiary/aromatic N) is 3. The second-order valence-electron chi connectivity index (χ2n) is 8.86. The van der Waals surface area contributed by atoms with Gasteiger partial charge in [-0.3, -0.25) is 4.90 Å². The molecule has 0 unspecified atom stereocenters. The largest absolute Gasteiger partial charge is 0.398 e. The van der Waals surface area contributed by atoms with Crippen LogP contribution in [0.25, 0.3) is 0 Å². The summed E-state index contributed by atoms with van der Waals surface area (Å²) in [6, 6.07) is 3.10. The van der Waals surface area contributed by atoms with Crippen LogP contribution in [0.5, 0.6) is 0 Å². The predicted octanol–water partition coefficient (Wildman–Crippen LogP) is 3.15. The van der Waals surface area contributed by atoms with Gasteiger partial charge in [-0.25, -0.2) is 4.98 Å². The molecule has 0 spiro atoms. The Bertz CT molecular complexity index is 691. The summed E-state index contributed by atoms with van der Waals surface area (Å²) in [6.45, 7) is 5.16. The molecular weight excluding hydrogens is 376 g/mol. The predicted molar refractivity (Wildman–Crippen MR) is 123 cm³/mol. The SMILES string of the molecule is CN1CCN(C2CC2)CC1.N=C(CCC=O)c1c(N)ccnc1NC1CCCCC1. The second-order valence-corrected chi connectivity index (χ2v) is 8.86. The number of carbonyl (C=O) groups is 1. The molecule has 4 N–H and O–H groups in total. The highest BCUT2D eigenvalue weighted by Gasteiger charge is 2.30. The first-order valence-electron chi connectivity index (χ1n) is 11.5. The maximum atomic E-state index is 10.5. The maximum Gasteiger partial charge on any atom is 0.137 e. The minimum Gasteiger partial charge on any atom is -0.398 e. The molecule has 0 bridgehead atoms. The van der Waals surface area contributed by atoms with Gasteiger partial charge in [0.25, 0.3) is 0 Å². The molecule has 0 amide bonds. The highest BCUT2D eigenvalue weighted by molar-refractivity contribution is 6.07. The third kappa shape index (κ3) is 6.77. The summed E-state index contributed by atoms with van der Waals surface area (Å²) in [7, 11) is 2.21. The topological polar surface area (TPSA) is 98.3 Å². The van der Waals surface area contributed by atoms with Crippen molar-refractivity contribution in [1.82, 2.24) is 14.8 Å². The first-order valence-corrected chi connectivity index (χ1v) is 11.5. The van der Waals surface area contributed by atoms with E-state index >= 15 is 0 Å². The van der Waals surface area contributed by atoms with E-state index in [0.717, 1.165) is 25.2 Å². The van der Waals surface area contributed by atoms with Crippen LogP contribution in [0.15, 0.2) is 12.3 Å². The van der Waals surface area contributed by atoms with Crippen molar-refractivity contribution in [1.29, 1.82) is 5.41 Å². The molecule has 166 valence electrons. The van der Waals surface area contributed by atoms with Crippen LogP contribution in [0.2, 0.25) is 0 Å². The number of pyridine rings is 1. The summed E-state index contributed by atoms with van der Waals surface area (Å²) < 4.78 is 0. The average Bonchev–Trinajstić information content (AvgIpc) is 3.59. The maximum absolute atomic E-state index is 10.5. The van der Waals surface area contributed by atoms with Crippen molar-refractivity contribution in [3.8, 4) is 0 Å². The molecule has 1 aromatic rings. The monoisotopic (exact) mass is 414 g/mol. The molecule has 0 aromatic carbocycles. The van der Waals surface area contributed by atoms with Crippen molar-refractivity contribution in [2.75, 3.05) is 44.3 Å². The molecule has 2 aliphatic carbocycles. The van der Waals surface area contributed by atoms with Gasteiger partial charge in [-0.2, -0.15) is 0 Å². The number of nitrogen functional groups attached to an aromatic ring is 1. The van der Waals surface area contributed by atoms with Gasteiger partial charge in [-0.05, 0) is 45.2 Å². The van der Waals surface area contributed by atoms with Crippen molar-refractivity contribution in [3.63, 3.8) is 0 Å². The molecule has 30 heavy (non-hydrogen) atoms. The van der Waals surface area contributed by atoms with Gasteiger partial charge in [0.1, 0.15) is 12.1 Å². The fraction of sp³-hybridized carbons (Fsp3) is 0.696. The van der Waals surface area contributed by atoms with E-state index in [0.29, 0.717) is 41.7 Å². The number of nitrogens with one attached hydrogen (secondary N) is 2. The Labute approximate surface area is 180 Å². The molecule has 4 rings (SSSR count). The Kier molecular flexibility index (Phi) is 8.63. The van der Waals surface area contributed by atoms with Crippen LogP contribution in [0.4, 0.5) is 11.5 Å². The molecule has 2 saturated carbocycles. The zero-order valence-corrected chi connectivity index (χ0v) is 18.4. The Morgan fingerprint density at radius 3 is 2.53 bits per heavy atom. The third-order valence-corrected chi connectivity index (χ3v) is 6.34. The molecule has 0 radical (unpaired) electrons. The van der Waals surface area contributed by atoms with Gasteiger partial charge in [0.05, 0.1) is 5.56 Å².